The molecule has 0 bridgehead atoms. The lowest BCUT2D eigenvalue weighted by Gasteiger charge is -2.47. The second-order valence-corrected chi connectivity index (χ2v) is 11.1. The largest absolute Gasteiger partial charge is 0.456 e. The van der Waals surface area contributed by atoms with Gasteiger partial charge in [-0.15, -0.1) is 0 Å². The van der Waals surface area contributed by atoms with E-state index in [4.69, 9.17) is 4.74 Å². The van der Waals surface area contributed by atoms with E-state index in [9.17, 15) is 17.9 Å². The van der Waals surface area contributed by atoms with Crippen molar-refractivity contribution in [3.05, 3.63) is 69.9 Å². The van der Waals surface area contributed by atoms with Crippen LogP contribution in [0, 0.1) is 5.82 Å². The van der Waals surface area contributed by atoms with Crippen molar-refractivity contribution in [2.75, 3.05) is 13.2 Å². The maximum atomic E-state index is 14.2. The van der Waals surface area contributed by atoms with Crippen molar-refractivity contribution in [1.29, 1.82) is 0 Å². The summed E-state index contributed by atoms with van der Waals surface area (Å²) in [5.74, 6) is -0.817. The molecule has 2 atom stereocenters. The minimum Gasteiger partial charge on any atom is -0.456 e. The number of rotatable bonds is 6. The number of hydrogen-bond donors (Lipinski definition) is 2. The molecule has 3 rings (SSSR count). The Morgan fingerprint density at radius 1 is 1.19 bits per heavy atom. The predicted octanol–water partition coefficient (Wildman–Crippen LogP) is 4.05. The van der Waals surface area contributed by atoms with Gasteiger partial charge in [0.1, 0.15) is 11.4 Å². The number of sulfonamides is 1. The summed E-state index contributed by atoms with van der Waals surface area (Å²) >= 11 is 3.39. The van der Waals surface area contributed by atoms with Gasteiger partial charge >= 0.3 is 0 Å². The Hall–Kier alpha value is -1.97. The smallest absolute Gasteiger partial charge is 0.299 e. The van der Waals surface area contributed by atoms with Crippen molar-refractivity contribution in [3.63, 3.8) is 0 Å². The molecule has 2 aromatic rings. The van der Waals surface area contributed by atoms with E-state index in [-0.39, 0.29) is 25.6 Å². The summed E-state index contributed by atoms with van der Waals surface area (Å²) in [5.41, 5.74) is -0.165. The lowest BCUT2D eigenvalue weighted by molar-refractivity contribution is 0.0386. The number of hydrogen-bond acceptors (Lipinski definition) is 5. The summed E-state index contributed by atoms with van der Waals surface area (Å²) in [6, 6.07) is 13.2. The van der Waals surface area contributed by atoms with Gasteiger partial charge in [0.2, 0.25) is 10.0 Å². The molecule has 0 radical (unpaired) electrons. The van der Waals surface area contributed by atoms with Gasteiger partial charge in [0.15, 0.2) is 4.75 Å². The number of nitrogens with one attached hydrogen (secondary N) is 1. The first kappa shape index (κ1) is 23.7. The van der Waals surface area contributed by atoms with E-state index in [2.05, 4.69) is 25.6 Å². The monoisotopic (exact) mass is 512 g/mol. The fourth-order valence-corrected chi connectivity index (χ4v) is 5.82. The lowest BCUT2D eigenvalue weighted by atomic mass is 9.85. The molecule has 1 heterocycles. The molecule has 1 aliphatic rings. The number of halogens is 2. The Kier molecular flexibility index (Phi) is 6.78. The minimum atomic E-state index is -3.93. The summed E-state index contributed by atoms with van der Waals surface area (Å²) in [6.45, 7) is 4.92. The summed E-state index contributed by atoms with van der Waals surface area (Å²) in [4.78, 5) is 4.30. The van der Waals surface area contributed by atoms with Gasteiger partial charge in [-0.2, -0.15) is 0 Å². The van der Waals surface area contributed by atoms with Crippen molar-refractivity contribution in [2.45, 2.75) is 43.5 Å². The molecular weight excluding hydrogens is 487 g/mol. The quantitative estimate of drug-likeness (QED) is 0.610. The first-order chi connectivity index (χ1) is 14.5. The summed E-state index contributed by atoms with van der Waals surface area (Å²) in [6.07, 6.45) is 0.281. The van der Waals surface area contributed by atoms with E-state index >= 15 is 0 Å². The second kappa shape index (κ2) is 8.88. The molecule has 1 saturated heterocycles. The highest BCUT2D eigenvalue weighted by molar-refractivity contribution is 9.10. The minimum absolute atomic E-state index is 0.0586. The Balaban J connectivity index is 1.93. The van der Waals surface area contributed by atoms with Crippen molar-refractivity contribution >= 4 is 32.0 Å². The zero-order chi connectivity index (χ0) is 22.9. The van der Waals surface area contributed by atoms with Gasteiger partial charge < -0.3 is 9.84 Å². The van der Waals surface area contributed by atoms with Crippen LogP contribution < -0.4 is 4.72 Å². The summed E-state index contributed by atoms with van der Waals surface area (Å²) < 4.78 is 48.7. The van der Waals surface area contributed by atoms with E-state index in [1.807, 2.05) is 6.07 Å². The van der Waals surface area contributed by atoms with E-state index in [0.29, 0.717) is 11.1 Å². The highest BCUT2D eigenvalue weighted by Gasteiger charge is 2.59. The highest BCUT2D eigenvalue weighted by atomic mass is 79.9. The SMILES string of the molecule is CC1(C)OC(=NCC(CCO)c2ccccc2F)NS(=O)(=O)C1(C)c1cccc(Br)c1. The molecule has 31 heavy (non-hydrogen) atoms. The molecule has 2 unspecified atom stereocenters. The number of ether oxygens (including phenoxy) is 1. The Morgan fingerprint density at radius 3 is 2.52 bits per heavy atom. The van der Waals surface area contributed by atoms with Crippen molar-refractivity contribution in [2.24, 2.45) is 4.99 Å². The van der Waals surface area contributed by atoms with Crippen LogP contribution in [-0.2, 0) is 19.5 Å². The number of benzene rings is 2. The van der Waals surface area contributed by atoms with Gasteiger partial charge in [0.25, 0.3) is 6.02 Å². The third kappa shape index (κ3) is 4.49. The zero-order valence-corrected chi connectivity index (χ0v) is 20.0. The average Bonchev–Trinajstić information content (AvgIpc) is 2.69. The molecule has 0 saturated carbocycles. The molecule has 1 fully saturated rings. The molecule has 0 aromatic heterocycles. The van der Waals surface area contributed by atoms with Crippen LogP contribution in [0.1, 0.15) is 44.2 Å². The third-order valence-corrected chi connectivity index (χ3v) is 8.65. The molecule has 6 nitrogen and oxygen atoms in total. The number of aliphatic hydroxyl groups excluding tert-OH is 1. The molecule has 0 amide bonds. The van der Waals surface area contributed by atoms with E-state index in [1.165, 1.54) is 6.07 Å². The van der Waals surface area contributed by atoms with Crippen LogP contribution in [0.25, 0.3) is 0 Å². The number of amidine groups is 1. The fraction of sp³-hybridized carbons (Fsp3) is 0.409. The maximum absolute atomic E-state index is 14.2. The molecular formula is C22H26BrFN2O4S. The third-order valence-electron chi connectivity index (χ3n) is 5.91. The van der Waals surface area contributed by atoms with Gasteiger partial charge in [-0.05, 0) is 56.5 Å². The van der Waals surface area contributed by atoms with Gasteiger partial charge in [0.05, 0.1) is 6.54 Å². The average molecular weight is 513 g/mol. The second-order valence-electron chi connectivity index (χ2n) is 8.14. The molecule has 2 N–H and O–H groups in total. The fourth-order valence-electron chi connectivity index (χ4n) is 3.75. The summed E-state index contributed by atoms with van der Waals surface area (Å²) in [7, 11) is -3.93. The first-order valence-corrected chi connectivity index (χ1v) is 12.2. The molecule has 0 spiro atoms. The Morgan fingerprint density at radius 2 is 1.90 bits per heavy atom. The zero-order valence-electron chi connectivity index (χ0n) is 17.6. The summed E-state index contributed by atoms with van der Waals surface area (Å²) in [5, 5.41) is 9.39. The van der Waals surface area contributed by atoms with Crippen LogP contribution in [0.15, 0.2) is 58.0 Å². The van der Waals surface area contributed by atoms with Crippen LogP contribution in [0.5, 0.6) is 0 Å². The van der Waals surface area contributed by atoms with Gasteiger partial charge in [-0.3, -0.25) is 0 Å². The topological polar surface area (TPSA) is 88.0 Å². The van der Waals surface area contributed by atoms with Gasteiger partial charge in [-0.25, -0.2) is 22.5 Å². The van der Waals surface area contributed by atoms with E-state index in [1.54, 1.807) is 57.2 Å². The van der Waals surface area contributed by atoms with E-state index in [0.717, 1.165) is 4.47 Å². The Labute approximate surface area is 190 Å². The van der Waals surface area contributed by atoms with Gasteiger partial charge in [0, 0.05) is 17.0 Å². The number of nitrogens with zero attached hydrogens (tertiary/aromatic N) is 1. The van der Waals surface area contributed by atoms with Crippen molar-refractivity contribution < 1.29 is 22.7 Å². The predicted molar refractivity (Wildman–Crippen MR) is 122 cm³/mol. The van der Waals surface area contributed by atoms with Crippen LogP contribution in [0.4, 0.5) is 4.39 Å². The molecule has 2 aromatic carbocycles. The standard InChI is InChI=1S/C22H26BrFN2O4S/c1-21(2)22(3,16-7-6-8-17(23)13-16)31(28,29)26-20(30-21)25-14-15(11-12-27)18-9-4-5-10-19(18)24/h4-10,13,15,27H,11-12,14H2,1-3H3,(H,25,26). The maximum Gasteiger partial charge on any atom is 0.299 e. The van der Waals surface area contributed by atoms with Crippen LogP contribution in [0.2, 0.25) is 0 Å². The van der Waals surface area contributed by atoms with Crippen LogP contribution >= 0.6 is 15.9 Å². The first-order valence-electron chi connectivity index (χ1n) is 9.89. The lowest BCUT2D eigenvalue weighted by Crippen LogP contribution is -2.63. The number of aliphatic hydroxyl groups is 1. The molecule has 168 valence electrons. The van der Waals surface area contributed by atoms with Crippen molar-refractivity contribution in [1.82, 2.24) is 4.72 Å². The normalized spacial score (nSPS) is 24.3. The molecule has 9 heteroatoms. The van der Waals surface area contributed by atoms with Crippen LogP contribution in [0.3, 0.4) is 0 Å². The molecule has 0 aliphatic carbocycles. The van der Waals surface area contributed by atoms with Gasteiger partial charge in [-0.1, -0.05) is 46.3 Å². The number of aliphatic imine (C=N–C) groups is 1. The molecule has 1 aliphatic heterocycles. The van der Waals surface area contributed by atoms with Crippen molar-refractivity contribution in [3.8, 4) is 0 Å². The van der Waals surface area contributed by atoms with E-state index < -0.39 is 32.1 Å². The highest BCUT2D eigenvalue weighted by Crippen LogP contribution is 2.45. The van der Waals surface area contributed by atoms with Crippen LogP contribution in [-0.4, -0.2) is 38.3 Å². The Bertz CT molecular complexity index is 1090.